The Hall–Kier alpha value is -1.01. The zero-order valence-corrected chi connectivity index (χ0v) is 8.88. The Morgan fingerprint density at radius 3 is 2.79 bits per heavy atom. The molecule has 14 heavy (non-hydrogen) atoms. The standard InChI is InChI=1S/C11H20N2O/c1-3-5-6-7-9-13-11(14)10(12)8-4-2/h2,10H,3,5-9,12H2,1H3,(H,13,14). The Balaban J connectivity index is 3.40. The summed E-state index contributed by atoms with van der Waals surface area (Å²) in [5, 5.41) is 2.77. The van der Waals surface area contributed by atoms with E-state index in [0.29, 0.717) is 13.0 Å². The largest absolute Gasteiger partial charge is 0.355 e. The van der Waals surface area contributed by atoms with Gasteiger partial charge in [-0.2, -0.15) is 0 Å². The summed E-state index contributed by atoms with van der Waals surface area (Å²) in [6.07, 6.45) is 9.94. The number of terminal acetylenes is 1. The van der Waals surface area contributed by atoms with Crippen LogP contribution in [0.3, 0.4) is 0 Å². The van der Waals surface area contributed by atoms with Crippen molar-refractivity contribution in [3.63, 3.8) is 0 Å². The molecule has 3 nitrogen and oxygen atoms in total. The van der Waals surface area contributed by atoms with Gasteiger partial charge in [0.25, 0.3) is 0 Å². The average molecular weight is 196 g/mol. The van der Waals surface area contributed by atoms with Crippen LogP contribution in [0.1, 0.15) is 39.0 Å². The molecule has 80 valence electrons. The van der Waals surface area contributed by atoms with Crippen LogP contribution in [0, 0.1) is 12.3 Å². The van der Waals surface area contributed by atoms with Gasteiger partial charge in [-0.15, -0.1) is 12.3 Å². The molecule has 0 aromatic heterocycles. The molecule has 0 aromatic carbocycles. The molecular formula is C11H20N2O. The lowest BCUT2D eigenvalue weighted by molar-refractivity contribution is -0.122. The normalized spacial score (nSPS) is 11.8. The minimum atomic E-state index is -0.550. The maximum absolute atomic E-state index is 11.2. The number of nitrogens with two attached hydrogens (primary N) is 1. The van der Waals surface area contributed by atoms with Gasteiger partial charge < -0.3 is 11.1 Å². The van der Waals surface area contributed by atoms with Gasteiger partial charge in [0.1, 0.15) is 0 Å². The molecule has 0 aliphatic rings. The minimum Gasteiger partial charge on any atom is -0.355 e. The topological polar surface area (TPSA) is 55.1 Å². The lowest BCUT2D eigenvalue weighted by Gasteiger charge is -2.08. The Morgan fingerprint density at radius 1 is 1.50 bits per heavy atom. The van der Waals surface area contributed by atoms with Crippen molar-refractivity contribution in [3.05, 3.63) is 0 Å². The Kier molecular flexibility index (Phi) is 7.96. The third kappa shape index (κ3) is 6.50. The van der Waals surface area contributed by atoms with Crippen molar-refractivity contribution in [2.24, 2.45) is 5.73 Å². The Morgan fingerprint density at radius 2 is 2.21 bits per heavy atom. The zero-order chi connectivity index (χ0) is 10.8. The molecule has 3 heteroatoms. The van der Waals surface area contributed by atoms with Crippen LogP contribution in [0.5, 0.6) is 0 Å². The van der Waals surface area contributed by atoms with Crippen molar-refractivity contribution in [2.75, 3.05) is 6.54 Å². The number of nitrogens with one attached hydrogen (secondary N) is 1. The molecular weight excluding hydrogens is 176 g/mol. The molecule has 1 atom stereocenters. The fourth-order valence-electron chi connectivity index (χ4n) is 1.11. The number of carbonyl (C=O) groups is 1. The molecule has 0 heterocycles. The highest BCUT2D eigenvalue weighted by atomic mass is 16.2. The maximum Gasteiger partial charge on any atom is 0.237 e. The second-order valence-electron chi connectivity index (χ2n) is 3.37. The quantitative estimate of drug-likeness (QED) is 0.472. The first-order valence-electron chi connectivity index (χ1n) is 5.19. The van der Waals surface area contributed by atoms with Crippen LogP contribution in [-0.4, -0.2) is 18.5 Å². The summed E-state index contributed by atoms with van der Waals surface area (Å²) in [5.74, 6) is 2.23. The molecule has 0 fully saturated rings. The van der Waals surface area contributed by atoms with E-state index in [1.807, 2.05) is 0 Å². The second-order valence-corrected chi connectivity index (χ2v) is 3.37. The lowest BCUT2D eigenvalue weighted by atomic mass is 10.2. The summed E-state index contributed by atoms with van der Waals surface area (Å²) in [7, 11) is 0. The van der Waals surface area contributed by atoms with E-state index in [2.05, 4.69) is 18.2 Å². The molecule has 0 bridgehead atoms. The first-order valence-corrected chi connectivity index (χ1v) is 5.19. The molecule has 0 rings (SSSR count). The van der Waals surface area contributed by atoms with Gasteiger partial charge in [-0.3, -0.25) is 4.79 Å². The number of hydrogen-bond donors (Lipinski definition) is 2. The summed E-state index contributed by atoms with van der Waals surface area (Å²) in [6.45, 7) is 2.86. The molecule has 0 radical (unpaired) electrons. The SMILES string of the molecule is C#CCC(N)C(=O)NCCCCCC. The molecule has 0 aliphatic carbocycles. The number of hydrogen-bond acceptors (Lipinski definition) is 2. The Bertz CT molecular complexity index is 196. The van der Waals surface area contributed by atoms with Crippen molar-refractivity contribution >= 4 is 5.91 Å². The van der Waals surface area contributed by atoms with Gasteiger partial charge >= 0.3 is 0 Å². The molecule has 0 saturated carbocycles. The van der Waals surface area contributed by atoms with E-state index in [1.54, 1.807) is 0 Å². The van der Waals surface area contributed by atoms with Crippen molar-refractivity contribution in [1.29, 1.82) is 0 Å². The summed E-state index contributed by atoms with van der Waals surface area (Å²) in [6, 6.07) is -0.550. The maximum atomic E-state index is 11.2. The predicted octanol–water partition coefficient (Wildman–Crippen LogP) is 1.03. The van der Waals surface area contributed by atoms with E-state index in [9.17, 15) is 4.79 Å². The van der Waals surface area contributed by atoms with Gasteiger partial charge in [0, 0.05) is 13.0 Å². The Labute approximate surface area is 86.4 Å². The van der Waals surface area contributed by atoms with E-state index < -0.39 is 6.04 Å². The van der Waals surface area contributed by atoms with E-state index in [1.165, 1.54) is 12.8 Å². The summed E-state index contributed by atoms with van der Waals surface area (Å²) in [4.78, 5) is 11.2. The van der Waals surface area contributed by atoms with Gasteiger partial charge in [0.2, 0.25) is 5.91 Å². The monoisotopic (exact) mass is 196 g/mol. The van der Waals surface area contributed by atoms with Crippen LogP contribution in [0.15, 0.2) is 0 Å². The van der Waals surface area contributed by atoms with Crippen LogP contribution in [0.4, 0.5) is 0 Å². The highest BCUT2D eigenvalue weighted by molar-refractivity contribution is 5.81. The minimum absolute atomic E-state index is 0.139. The highest BCUT2D eigenvalue weighted by Crippen LogP contribution is 1.97. The van der Waals surface area contributed by atoms with Gasteiger partial charge in [-0.05, 0) is 6.42 Å². The van der Waals surface area contributed by atoms with Gasteiger partial charge in [0.15, 0.2) is 0 Å². The number of unbranched alkanes of at least 4 members (excludes halogenated alkanes) is 3. The average Bonchev–Trinajstić information content (AvgIpc) is 2.17. The molecule has 0 saturated heterocycles. The first kappa shape index (κ1) is 13.0. The van der Waals surface area contributed by atoms with Gasteiger partial charge in [0.05, 0.1) is 6.04 Å². The fourth-order valence-corrected chi connectivity index (χ4v) is 1.11. The predicted molar refractivity (Wildman–Crippen MR) is 58.6 cm³/mol. The van der Waals surface area contributed by atoms with E-state index in [-0.39, 0.29) is 5.91 Å². The van der Waals surface area contributed by atoms with E-state index in [4.69, 9.17) is 12.2 Å². The van der Waals surface area contributed by atoms with Crippen LogP contribution < -0.4 is 11.1 Å². The second kappa shape index (κ2) is 8.58. The molecule has 3 N–H and O–H groups in total. The van der Waals surface area contributed by atoms with Gasteiger partial charge in [-0.1, -0.05) is 26.2 Å². The van der Waals surface area contributed by atoms with E-state index in [0.717, 1.165) is 12.8 Å². The summed E-state index contributed by atoms with van der Waals surface area (Å²) >= 11 is 0. The van der Waals surface area contributed by atoms with Crippen LogP contribution in [0.2, 0.25) is 0 Å². The smallest absolute Gasteiger partial charge is 0.237 e. The highest BCUT2D eigenvalue weighted by Gasteiger charge is 2.10. The van der Waals surface area contributed by atoms with Crippen molar-refractivity contribution in [2.45, 2.75) is 45.1 Å². The van der Waals surface area contributed by atoms with Crippen molar-refractivity contribution < 1.29 is 4.79 Å². The summed E-state index contributed by atoms with van der Waals surface area (Å²) < 4.78 is 0. The van der Waals surface area contributed by atoms with Crippen LogP contribution in [-0.2, 0) is 4.79 Å². The van der Waals surface area contributed by atoms with Crippen molar-refractivity contribution in [3.8, 4) is 12.3 Å². The van der Waals surface area contributed by atoms with E-state index >= 15 is 0 Å². The van der Waals surface area contributed by atoms with Crippen LogP contribution in [0.25, 0.3) is 0 Å². The van der Waals surface area contributed by atoms with Gasteiger partial charge in [-0.25, -0.2) is 0 Å². The first-order chi connectivity index (χ1) is 6.72. The molecule has 0 aliphatic heterocycles. The number of carbonyl (C=O) groups excluding carboxylic acids is 1. The number of amides is 1. The third-order valence-corrected chi connectivity index (χ3v) is 2.00. The molecule has 1 amide bonds. The third-order valence-electron chi connectivity index (χ3n) is 2.00. The van der Waals surface area contributed by atoms with Crippen LogP contribution >= 0.6 is 0 Å². The number of rotatable bonds is 7. The zero-order valence-electron chi connectivity index (χ0n) is 8.88. The summed E-state index contributed by atoms with van der Waals surface area (Å²) in [5.41, 5.74) is 5.51. The lowest BCUT2D eigenvalue weighted by Crippen LogP contribution is -2.40. The molecule has 0 aromatic rings. The molecule has 0 spiro atoms. The molecule has 1 unspecified atom stereocenters. The van der Waals surface area contributed by atoms with Crippen molar-refractivity contribution in [1.82, 2.24) is 5.32 Å². The fraction of sp³-hybridized carbons (Fsp3) is 0.727.